The Bertz CT molecular complexity index is 1030. The number of carbonyl (C=O) groups excluding carboxylic acids is 1. The van der Waals surface area contributed by atoms with Crippen LogP contribution in [0.5, 0.6) is 0 Å². The van der Waals surface area contributed by atoms with Crippen LogP contribution in [0.2, 0.25) is 5.02 Å². The second-order valence-corrected chi connectivity index (χ2v) is 6.07. The number of ether oxygens (including phenoxy) is 1. The van der Waals surface area contributed by atoms with Gasteiger partial charge in [-0.2, -0.15) is 0 Å². The Morgan fingerprint density at radius 1 is 1.28 bits per heavy atom. The molecule has 0 bridgehead atoms. The molecule has 25 heavy (non-hydrogen) atoms. The predicted octanol–water partition coefficient (Wildman–Crippen LogP) is 3.50. The molecule has 0 aliphatic carbocycles. The zero-order valence-corrected chi connectivity index (χ0v) is 14.4. The van der Waals surface area contributed by atoms with Gasteiger partial charge in [-0.3, -0.25) is 9.36 Å². The molecule has 1 amide bonds. The van der Waals surface area contributed by atoms with Crippen LogP contribution in [-0.4, -0.2) is 15.6 Å². The van der Waals surface area contributed by atoms with Gasteiger partial charge in [0.1, 0.15) is 0 Å². The van der Waals surface area contributed by atoms with Crippen LogP contribution in [0.25, 0.3) is 16.6 Å². The molecule has 0 fully saturated rings. The van der Waals surface area contributed by atoms with Crippen molar-refractivity contribution in [3.63, 3.8) is 0 Å². The van der Waals surface area contributed by atoms with Crippen LogP contribution in [0, 0.1) is 6.92 Å². The van der Waals surface area contributed by atoms with E-state index in [1.807, 2.05) is 25.1 Å². The van der Waals surface area contributed by atoms with E-state index in [0.29, 0.717) is 21.6 Å². The Labute approximate surface area is 148 Å². The molecule has 128 valence electrons. The third-order valence-electron chi connectivity index (χ3n) is 3.79. The van der Waals surface area contributed by atoms with Gasteiger partial charge in [-0.05, 0) is 43.7 Å². The van der Waals surface area contributed by atoms with Crippen LogP contribution < -0.4 is 11.3 Å². The number of rotatable bonds is 3. The number of aryl methyl sites for hydroxylation is 1. The molecule has 0 saturated carbocycles. The number of hydrogen-bond acceptors (Lipinski definition) is 4. The third kappa shape index (κ3) is 3.21. The molecule has 3 aromatic rings. The lowest BCUT2D eigenvalue weighted by Gasteiger charge is -2.18. The highest BCUT2D eigenvalue weighted by atomic mass is 35.5. The summed E-state index contributed by atoms with van der Waals surface area (Å²) in [5.41, 5.74) is 6.79. The number of amides is 1. The molecule has 0 aliphatic rings. The van der Waals surface area contributed by atoms with E-state index < -0.39 is 12.2 Å². The third-order valence-corrected chi connectivity index (χ3v) is 4.10. The summed E-state index contributed by atoms with van der Waals surface area (Å²) in [5.74, 6) is 0.268. The molecule has 2 aromatic carbocycles. The summed E-state index contributed by atoms with van der Waals surface area (Å²) in [4.78, 5) is 28.8. The van der Waals surface area contributed by atoms with E-state index in [0.717, 1.165) is 5.56 Å². The van der Waals surface area contributed by atoms with Crippen molar-refractivity contribution in [3.05, 3.63) is 69.2 Å². The fourth-order valence-corrected chi connectivity index (χ4v) is 2.97. The number of fused-ring (bicyclic) bond motifs is 1. The van der Waals surface area contributed by atoms with Crippen LogP contribution in [0.4, 0.5) is 4.79 Å². The van der Waals surface area contributed by atoms with Gasteiger partial charge in [0.15, 0.2) is 11.9 Å². The molecule has 3 rings (SSSR count). The summed E-state index contributed by atoms with van der Waals surface area (Å²) in [6.45, 7) is 3.52. The smallest absolute Gasteiger partial charge is 0.405 e. The number of carbonyl (C=O) groups is 1. The normalized spacial score (nSPS) is 12.1. The Kier molecular flexibility index (Phi) is 4.46. The second kappa shape index (κ2) is 6.57. The van der Waals surface area contributed by atoms with Crippen molar-refractivity contribution < 1.29 is 9.53 Å². The first-order valence-electron chi connectivity index (χ1n) is 7.63. The highest BCUT2D eigenvalue weighted by molar-refractivity contribution is 6.35. The lowest BCUT2D eigenvalue weighted by molar-refractivity contribution is 0.110. The summed E-state index contributed by atoms with van der Waals surface area (Å²) in [6, 6.07) is 12.4. The summed E-state index contributed by atoms with van der Waals surface area (Å²) >= 11 is 6.21. The molecule has 7 heteroatoms. The van der Waals surface area contributed by atoms with Crippen LogP contribution in [0.3, 0.4) is 0 Å². The lowest BCUT2D eigenvalue weighted by atomic mass is 10.2. The highest BCUT2D eigenvalue weighted by Gasteiger charge is 2.21. The molecule has 2 N–H and O–H groups in total. The van der Waals surface area contributed by atoms with Gasteiger partial charge < -0.3 is 10.5 Å². The Morgan fingerprint density at radius 2 is 2.00 bits per heavy atom. The average Bonchev–Trinajstić information content (AvgIpc) is 2.53. The lowest BCUT2D eigenvalue weighted by Crippen LogP contribution is -2.27. The number of hydrogen-bond donors (Lipinski definition) is 1. The van der Waals surface area contributed by atoms with Crippen LogP contribution in [0.1, 0.15) is 24.4 Å². The minimum atomic E-state index is -0.941. The molecule has 0 aliphatic heterocycles. The van der Waals surface area contributed by atoms with Gasteiger partial charge >= 0.3 is 6.09 Å². The van der Waals surface area contributed by atoms with Gasteiger partial charge in [0.25, 0.3) is 5.56 Å². The molecule has 6 nitrogen and oxygen atoms in total. The standard InChI is InChI=1S/C18H16ClN3O3/c1-10-5-3-6-12(9-10)22-16(11(2)25-18(20)24)21-14-8-4-7-13(19)15(14)17(22)23/h3-9,11H,1-2H3,(H2,20,24). The number of aromatic nitrogens is 2. The van der Waals surface area contributed by atoms with Crippen molar-refractivity contribution in [2.75, 3.05) is 0 Å². The fraction of sp³-hybridized carbons (Fsp3) is 0.167. The van der Waals surface area contributed by atoms with Gasteiger partial charge in [-0.1, -0.05) is 29.8 Å². The highest BCUT2D eigenvalue weighted by Crippen LogP contribution is 2.24. The van der Waals surface area contributed by atoms with Crippen LogP contribution in [-0.2, 0) is 4.74 Å². The monoisotopic (exact) mass is 357 g/mol. The van der Waals surface area contributed by atoms with Crippen molar-refractivity contribution >= 4 is 28.6 Å². The Hall–Kier alpha value is -2.86. The largest absolute Gasteiger partial charge is 0.439 e. The zero-order chi connectivity index (χ0) is 18.1. The first-order chi connectivity index (χ1) is 11.9. The number of primary amides is 1. The van der Waals surface area contributed by atoms with Crippen molar-refractivity contribution in [2.24, 2.45) is 5.73 Å². The summed E-state index contributed by atoms with van der Waals surface area (Å²) in [5, 5.41) is 0.618. The molecule has 1 aromatic heterocycles. The van der Waals surface area contributed by atoms with Gasteiger partial charge in [0.05, 0.1) is 21.6 Å². The van der Waals surface area contributed by atoms with Gasteiger partial charge in [-0.25, -0.2) is 9.78 Å². The SMILES string of the molecule is Cc1cccc(-n2c(C(C)OC(N)=O)nc3cccc(Cl)c3c2=O)c1. The first kappa shape index (κ1) is 17.0. The minimum absolute atomic E-state index is 0.268. The zero-order valence-electron chi connectivity index (χ0n) is 13.7. The molecular formula is C18H16ClN3O3. The summed E-state index contributed by atoms with van der Waals surface area (Å²) < 4.78 is 6.44. The van der Waals surface area contributed by atoms with E-state index in [9.17, 15) is 9.59 Å². The van der Waals surface area contributed by atoms with E-state index in [1.165, 1.54) is 4.57 Å². The topological polar surface area (TPSA) is 87.2 Å². The van der Waals surface area contributed by atoms with Crippen molar-refractivity contribution in [1.29, 1.82) is 0 Å². The number of halogens is 1. The molecule has 1 atom stereocenters. The number of nitrogens with zero attached hydrogens (tertiary/aromatic N) is 2. The van der Waals surface area contributed by atoms with Crippen LogP contribution in [0.15, 0.2) is 47.3 Å². The number of benzene rings is 2. The Morgan fingerprint density at radius 3 is 2.68 bits per heavy atom. The quantitative estimate of drug-likeness (QED) is 0.777. The van der Waals surface area contributed by atoms with Crippen molar-refractivity contribution in [2.45, 2.75) is 20.0 Å². The van der Waals surface area contributed by atoms with Crippen molar-refractivity contribution in [1.82, 2.24) is 9.55 Å². The molecule has 1 unspecified atom stereocenters. The Balaban J connectivity index is 2.38. The summed E-state index contributed by atoms with van der Waals surface area (Å²) in [6.07, 6.45) is -1.75. The number of nitrogens with two attached hydrogens (primary N) is 1. The van der Waals surface area contributed by atoms with Gasteiger partial charge in [0.2, 0.25) is 0 Å². The van der Waals surface area contributed by atoms with E-state index in [1.54, 1.807) is 31.2 Å². The molecule has 0 radical (unpaired) electrons. The maximum absolute atomic E-state index is 13.1. The molecular weight excluding hydrogens is 342 g/mol. The first-order valence-corrected chi connectivity index (χ1v) is 8.00. The molecule has 1 heterocycles. The summed E-state index contributed by atoms with van der Waals surface area (Å²) in [7, 11) is 0. The van der Waals surface area contributed by atoms with Gasteiger partial charge in [-0.15, -0.1) is 0 Å². The van der Waals surface area contributed by atoms with E-state index in [4.69, 9.17) is 22.1 Å². The van der Waals surface area contributed by atoms with Crippen molar-refractivity contribution in [3.8, 4) is 5.69 Å². The maximum Gasteiger partial charge on any atom is 0.405 e. The predicted molar refractivity (Wildman–Crippen MR) is 96.2 cm³/mol. The van der Waals surface area contributed by atoms with E-state index >= 15 is 0 Å². The minimum Gasteiger partial charge on any atom is -0.439 e. The second-order valence-electron chi connectivity index (χ2n) is 5.66. The average molecular weight is 358 g/mol. The van der Waals surface area contributed by atoms with Gasteiger partial charge in [0, 0.05) is 0 Å². The maximum atomic E-state index is 13.1. The van der Waals surface area contributed by atoms with Crippen LogP contribution >= 0.6 is 11.6 Å². The molecule has 0 saturated heterocycles. The fourth-order valence-electron chi connectivity index (χ4n) is 2.72. The van der Waals surface area contributed by atoms with E-state index in [-0.39, 0.29) is 11.4 Å². The molecule has 0 spiro atoms. The van der Waals surface area contributed by atoms with E-state index in [2.05, 4.69) is 4.98 Å².